The molecule has 0 spiro atoms. The van der Waals surface area contributed by atoms with Gasteiger partial charge in [0, 0.05) is 17.3 Å². The van der Waals surface area contributed by atoms with Crippen molar-refractivity contribution in [3.63, 3.8) is 0 Å². The number of benzene rings is 2. The molecule has 0 saturated heterocycles. The number of ether oxygens (including phenoxy) is 1. The van der Waals surface area contributed by atoms with Gasteiger partial charge in [0.2, 0.25) is 0 Å². The Labute approximate surface area is 153 Å². The molecule has 0 fully saturated rings. The molecular formula is C18H18ClNO4S. The number of nitrogens with one attached hydrogen (secondary N) is 1. The summed E-state index contributed by atoms with van der Waals surface area (Å²) in [6, 6.07) is 13.7. The summed E-state index contributed by atoms with van der Waals surface area (Å²) in [5.41, 5.74) is 0.981. The van der Waals surface area contributed by atoms with E-state index in [4.69, 9.17) is 16.3 Å². The molecule has 0 aliphatic rings. The van der Waals surface area contributed by atoms with Gasteiger partial charge in [0.05, 0.1) is 21.3 Å². The van der Waals surface area contributed by atoms with Gasteiger partial charge >= 0.3 is 5.97 Å². The van der Waals surface area contributed by atoms with Gasteiger partial charge in [0.25, 0.3) is 5.91 Å². The quantitative estimate of drug-likeness (QED) is 0.751. The van der Waals surface area contributed by atoms with Crippen molar-refractivity contribution in [1.29, 1.82) is 0 Å². The van der Waals surface area contributed by atoms with Crippen LogP contribution in [0.25, 0.3) is 0 Å². The predicted molar refractivity (Wildman–Crippen MR) is 97.0 cm³/mol. The monoisotopic (exact) mass is 379 g/mol. The number of hydrogen-bond donors (Lipinski definition) is 1. The maximum absolute atomic E-state index is 12.2. The fraction of sp³-hybridized carbons (Fsp3) is 0.222. The van der Waals surface area contributed by atoms with Gasteiger partial charge < -0.3 is 10.1 Å². The van der Waals surface area contributed by atoms with Gasteiger partial charge in [-0.25, -0.2) is 4.79 Å². The second-order valence-electron chi connectivity index (χ2n) is 5.07. The van der Waals surface area contributed by atoms with Crippen LogP contribution in [0.5, 0.6) is 0 Å². The predicted octanol–water partition coefficient (Wildman–Crippen LogP) is 2.94. The number of amides is 1. The summed E-state index contributed by atoms with van der Waals surface area (Å²) in [6.45, 7) is 1.59. The summed E-state index contributed by atoms with van der Waals surface area (Å²) < 4.78 is 17.0. The van der Waals surface area contributed by atoms with Gasteiger partial charge in [-0.05, 0) is 23.8 Å². The van der Waals surface area contributed by atoms with E-state index in [1.807, 2.05) is 6.07 Å². The maximum atomic E-state index is 12.2. The first-order valence-electron chi connectivity index (χ1n) is 7.67. The summed E-state index contributed by atoms with van der Waals surface area (Å²) in [5.74, 6) is -0.726. The number of rotatable bonds is 7. The Bertz CT molecular complexity index is 794. The van der Waals surface area contributed by atoms with Gasteiger partial charge in [0.1, 0.15) is 0 Å². The molecule has 7 heteroatoms. The molecule has 0 heterocycles. The van der Waals surface area contributed by atoms with Crippen molar-refractivity contribution in [2.45, 2.75) is 18.4 Å². The lowest BCUT2D eigenvalue weighted by Crippen LogP contribution is -2.28. The Morgan fingerprint density at radius 3 is 2.52 bits per heavy atom. The first kappa shape index (κ1) is 19.1. The summed E-state index contributed by atoms with van der Waals surface area (Å²) in [5, 5.41) is 3.19. The molecule has 0 bridgehead atoms. The highest BCUT2D eigenvalue weighted by Gasteiger charge is 2.17. The average Bonchev–Trinajstić information content (AvgIpc) is 2.64. The van der Waals surface area contributed by atoms with Crippen molar-refractivity contribution in [1.82, 2.24) is 5.32 Å². The minimum absolute atomic E-state index is 0.210. The zero-order chi connectivity index (χ0) is 18.2. The van der Waals surface area contributed by atoms with E-state index in [1.165, 1.54) is 6.07 Å². The lowest BCUT2D eigenvalue weighted by molar-refractivity contribution is -0.124. The van der Waals surface area contributed by atoms with Crippen molar-refractivity contribution in [2.75, 3.05) is 12.4 Å². The molecule has 1 atom stereocenters. The number of esters is 1. The van der Waals surface area contributed by atoms with Crippen LogP contribution < -0.4 is 5.32 Å². The van der Waals surface area contributed by atoms with Crippen LogP contribution in [0.1, 0.15) is 22.8 Å². The Balaban J connectivity index is 1.91. The van der Waals surface area contributed by atoms with Crippen LogP contribution in [-0.4, -0.2) is 28.4 Å². The van der Waals surface area contributed by atoms with E-state index in [0.29, 0.717) is 15.7 Å². The Morgan fingerprint density at radius 1 is 1.12 bits per heavy atom. The molecule has 1 amide bonds. The summed E-state index contributed by atoms with van der Waals surface area (Å²) >= 11 is 6.01. The number of carbonyl (C=O) groups is 2. The highest BCUT2D eigenvalue weighted by atomic mass is 35.5. The third-order valence-electron chi connectivity index (χ3n) is 3.38. The third kappa shape index (κ3) is 5.41. The van der Waals surface area contributed by atoms with Crippen LogP contribution >= 0.6 is 11.6 Å². The van der Waals surface area contributed by atoms with E-state index in [1.54, 1.807) is 43.3 Å². The fourth-order valence-electron chi connectivity index (χ4n) is 2.08. The highest BCUT2D eigenvalue weighted by Crippen LogP contribution is 2.16. The lowest BCUT2D eigenvalue weighted by atomic mass is 10.2. The van der Waals surface area contributed by atoms with Gasteiger partial charge in [-0.1, -0.05) is 48.9 Å². The minimum atomic E-state index is -1.28. The van der Waals surface area contributed by atoms with Crippen molar-refractivity contribution in [3.05, 3.63) is 64.7 Å². The molecular weight excluding hydrogens is 362 g/mol. The van der Waals surface area contributed by atoms with E-state index >= 15 is 0 Å². The van der Waals surface area contributed by atoms with Crippen molar-refractivity contribution in [2.24, 2.45) is 0 Å². The van der Waals surface area contributed by atoms with E-state index in [0.717, 1.165) is 5.56 Å². The largest absolute Gasteiger partial charge is 0.452 e. The van der Waals surface area contributed by atoms with Crippen LogP contribution in [-0.2, 0) is 26.9 Å². The Kier molecular flexibility index (Phi) is 7.16. The molecule has 1 N–H and O–H groups in total. The summed E-state index contributed by atoms with van der Waals surface area (Å²) in [6.07, 6.45) is 0. The molecule has 0 saturated carbocycles. The highest BCUT2D eigenvalue weighted by molar-refractivity contribution is 7.85. The van der Waals surface area contributed by atoms with Crippen LogP contribution in [0.2, 0.25) is 5.02 Å². The zero-order valence-electron chi connectivity index (χ0n) is 13.7. The van der Waals surface area contributed by atoms with E-state index < -0.39 is 29.3 Å². The third-order valence-corrected chi connectivity index (χ3v) is 5.12. The molecule has 2 rings (SSSR count). The molecule has 0 aliphatic carbocycles. The first-order chi connectivity index (χ1) is 12.0. The number of halogens is 1. The van der Waals surface area contributed by atoms with E-state index in [2.05, 4.69) is 5.32 Å². The molecule has 0 radical (unpaired) electrons. The standard InChI is InChI=1S/C18H18ClNO4S/c1-2-25(23)16-10-6-4-8-14(16)18(22)24-12-17(21)20-11-13-7-3-5-9-15(13)19/h3-10H,2,11-12H2,1H3,(H,20,21)/t25-/m1/s1. The molecule has 0 aliphatic heterocycles. The molecule has 5 nitrogen and oxygen atoms in total. The normalized spacial score (nSPS) is 11.6. The molecule has 132 valence electrons. The van der Waals surface area contributed by atoms with Crippen LogP contribution in [0.15, 0.2) is 53.4 Å². The topological polar surface area (TPSA) is 72.5 Å². The summed E-state index contributed by atoms with van der Waals surface area (Å²) in [7, 11) is -1.28. The van der Waals surface area contributed by atoms with Crippen molar-refractivity contribution >= 4 is 34.3 Å². The number of carbonyl (C=O) groups excluding carboxylic acids is 2. The molecule has 2 aromatic rings. The smallest absolute Gasteiger partial charge is 0.339 e. The molecule has 0 aromatic heterocycles. The molecule has 2 aromatic carbocycles. The van der Waals surface area contributed by atoms with Crippen molar-refractivity contribution in [3.8, 4) is 0 Å². The van der Waals surface area contributed by atoms with Gasteiger partial charge in [0.15, 0.2) is 6.61 Å². The molecule has 0 unspecified atom stereocenters. The van der Waals surface area contributed by atoms with Gasteiger partial charge in [-0.3, -0.25) is 9.00 Å². The molecule has 25 heavy (non-hydrogen) atoms. The average molecular weight is 380 g/mol. The van der Waals surface area contributed by atoms with Crippen molar-refractivity contribution < 1.29 is 18.5 Å². The van der Waals surface area contributed by atoms with Gasteiger partial charge in [-0.15, -0.1) is 0 Å². The maximum Gasteiger partial charge on any atom is 0.339 e. The SMILES string of the molecule is CC[S@@](=O)c1ccccc1C(=O)OCC(=O)NCc1ccccc1Cl. The minimum Gasteiger partial charge on any atom is -0.452 e. The van der Waals surface area contributed by atoms with Gasteiger partial charge in [-0.2, -0.15) is 0 Å². The summed E-state index contributed by atoms with van der Waals surface area (Å²) in [4.78, 5) is 24.4. The first-order valence-corrected chi connectivity index (χ1v) is 9.37. The fourth-order valence-corrected chi connectivity index (χ4v) is 3.23. The second kappa shape index (κ2) is 9.34. The lowest BCUT2D eigenvalue weighted by Gasteiger charge is -2.10. The van der Waals surface area contributed by atoms with Crippen LogP contribution in [0.4, 0.5) is 0 Å². The van der Waals surface area contributed by atoms with Crippen LogP contribution in [0, 0.1) is 0 Å². The van der Waals surface area contributed by atoms with E-state index in [9.17, 15) is 13.8 Å². The Hall–Kier alpha value is -2.18. The van der Waals surface area contributed by atoms with Crippen LogP contribution in [0.3, 0.4) is 0 Å². The van der Waals surface area contributed by atoms with E-state index in [-0.39, 0.29) is 12.1 Å². The zero-order valence-corrected chi connectivity index (χ0v) is 15.2. The Morgan fingerprint density at radius 2 is 1.80 bits per heavy atom. The second-order valence-corrected chi connectivity index (χ2v) is 7.19. The number of hydrogen-bond acceptors (Lipinski definition) is 4.